The lowest BCUT2D eigenvalue weighted by molar-refractivity contribution is -0.115. The normalized spacial score (nSPS) is 19.9. The summed E-state index contributed by atoms with van der Waals surface area (Å²) in [4.78, 5) is 13.9. The summed E-state index contributed by atoms with van der Waals surface area (Å²) in [5.74, 6) is -0.524. The highest BCUT2D eigenvalue weighted by atomic mass is 16.3. The van der Waals surface area contributed by atoms with Crippen LogP contribution in [0, 0.1) is 0 Å². The van der Waals surface area contributed by atoms with E-state index in [9.17, 15) is 9.90 Å². The van der Waals surface area contributed by atoms with Crippen molar-refractivity contribution in [3.8, 4) is 0 Å². The van der Waals surface area contributed by atoms with Gasteiger partial charge in [0.2, 0.25) is 0 Å². The second kappa shape index (κ2) is 3.05. The number of nitrogens with zero attached hydrogens (tertiary/aromatic N) is 1. The molecule has 0 aliphatic carbocycles. The molecule has 1 aromatic rings. The Labute approximate surface area is 105 Å². The van der Waals surface area contributed by atoms with Crippen LogP contribution in [0.5, 0.6) is 0 Å². The molecule has 0 aromatic heterocycles. The van der Waals surface area contributed by atoms with E-state index in [0.29, 0.717) is 10.4 Å². The van der Waals surface area contributed by atoms with Gasteiger partial charge in [-0.15, -0.1) is 0 Å². The van der Waals surface area contributed by atoms with Crippen molar-refractivity contribution in [3.05, 3.63) is 34.2 Å². The minimum Gasteiger partial charge on any atom is -0.503 e. The quantitative estimate of drug-likeness (QED) is 0.744. The van der Waals surface area contributed by atoms with Crippen molar-refractivity contribution in [1.82, 2.24) is 0 Å². The van der Waals surface area contributed by atoms with E-state index in [4.69, 9.17) is 0 Å². The predicted octanol–water partition coefficient (Wildman–Crippen LogP) is 1.31. The molecule has 0 unspecified atom stereocenters. The molecule has 2 aliphatic rings. The SMILES string of the molecule is C=c1ccc2c3c1=C(O)C(=O)N3C(C)(C)C=C2C. The first kappa shape index (κ1) is 11.1. The first-order chi connectivity index (χ1) is 8.34. The van der Waals surface area contributed by atoms with Crippen LogP contribution >= 0.6 is 0 Å². The molecule has 1 N–H and O–H groups in total. The maximum absolute atomic E-state index is 12.2. The number of rotatable bonds is 0. The molecule has 92 valence electrons. The zero-order valence-corrected chi connectivity index (χ0v) is 10.7. The highest BCUT2D eigenvalue weighted by Gasteiger charge is 2.42. The first-order valence-electron chi connectivity index (χ1n) is 5.94. The molecule has 18 heavy (non-hydrogen) atoms. The third-order valence-electron chi connectivity index (χ3n) is 3.70. The van der Waals surface area contributed by atoms with E-state index in [1.807, 2.05) is 32.9 Å². The van der Waals surface area contributed by atoms with Gasteiger partial charge in [-0.25, -0.2) is 0 Å². The Balaban J connectivity index is 2.53. The molecule has 0 spiro atoms. The third-order valence-corrected chi connectivity index (χ3v) is 3.70. The number of hydrogen-bond donors (Lipinski definition) is 1. The fourth-order valence-corrected chi connectivity index (χ4v) is 2.98. The highest BCUT2D eigenvalue weighted by Crippen LogP contribution is 2.39. The molecule has 0 bridgehead atoms. The summed E-state index contributed by atoms with van der Waals surface area (Å²) >= 11 is 0. The van der Waals surface area contributed by atoms with Crippen molar-refractivity contribution in [2.24, 2.45) is 0 Å². The lowest BCUT2D eigenvalue weighted by Crippen LogP contribution is -2.48. The number of aliphatic hydroxyl groups excluding tert-OH is 1. The van der Waals surface area contributed by atoms with E-state index in [2.05, 4.69) is 12.7 Å². The van der Waals surface area contributed by atoms with Gasteiger partial charge in [0.1, 0.15) is 0 Å². The molecule has 0 saturated heterocycles. The van der Waals surface area contributed by atoms with Crippen LogP contribution in [-0.4, -0.2) is 16.6 Å². The fourth-order valence-electron chi connectivity index (χ4n) is 2.98. The summed E-state index contributed by atoms with van der Waals surface area (Å²) in [5, 5.41) is 11.3. The van der Waals surface area contributed by atoms with E-state index in [1.54, 1.807) is 4.90 Å². The van der Waals surface area contributed by atoms with E-state index < -0.39 is 5.54 Å². The van der Waals surface area contributed by atoms with Crippen LogP contribution in [0.15, 0.2) is 18.2 Å². The van der Waals surface area contributed by atoms with Crippen LogP contribution in [0.25, 0.3) is 17.9 Å². The minimum absolute atomic E-state index is 0.187. The lowest BCUT2D eigenvalue weighted by Gasteiger charge is -2.38. The molecule has 2 heterocycles. The molecule has 0 saturated carbocycles. The summed E-state index contributed by atoms with van der Waals surface area (Å²) in [6, 6.07) is 3.80. The van der Waals surface area contributed by atoms with Crippen LogP contribution in [0.3, 0.4) is 0 Å². The van der Waals surface area contributed by atoms with Gasteiger partial charge in [-0.3, -0.25) is 9.69 Å². The van der Waals surface area contributed by atoms with E-state index in [0.717, 1.165) is 16.8 Å². The number of anilines is 1. The van der Waals surface area contributed by atoms with Gasteiger partial charge in [0, 0.05) is 5.56 Å². The summed E-state index contributed by atoms with van der Waals surface area (Å²) in [7, 11) is 0. The topological polar surface area (TPSA) is 40.5 Å². The van der Waals surface area contributed by atoms with Crippen molar-refractivity contribution >= 4 is 29.5 Å². The smallest absolute Gasteiger partial charge is 0.294 e. The molecule has 2 aliphatic heterocycles. The summed E-state index contributed by atoms with van der Waals surface area (Å²) < 4.78 is 0. The van der Waals surface area contributed by atoms with E-state index in [-0.39, 0.29) is 11.7 Å². The van der Waals surface area contributed by atoms with Gasteiger partial charge in [0.15, 0.2) is 5.76 Å². The Morgan fingerprint density at radius 3 is 2.67 bits per heavy atom. The highest BCUT2D eigenvalue weighted by molar-refractivity contribution is 6.25. The van der Waals surface area contributed by atoms with Crippen LogP contribution in [0.2, 0.25) is 0 Å². The Hall–Kier alpha value is -2.03. The molecule has 3 nitrogen and oxygen atoms in total. The minimum atomic E-state index is -0.429. The number of amides is 1. The average Bonchev–Trinajstić information content (AvgIpc) is 2.52. The molecular weight excluding hydrogens is 226 g/mol. The van der Waals surface area contributed by atoms with Crippen molar-refractivity contribution in [3.63, 3.8) is 0 Å². The third kappa shape index (κ3) is 1.11. The Morgan fingerprint density at radius 1 is 1.33 bits per heavy atom. The molecule has 0 fully saturated rings. The number of hydrogen-bond acceptors (Lipinski definition) is 2. The maximum atomic E-state index is 12.2. The molecule has 3 heteroatoms. The Bertz CT molecular complexity index is 726. The maximum Gasteiger partial charge on any atom is 0.294 e. The Kier molecular flexibility index (Phi) is 1.88. The zero-order chi connectivity index (χ0) is 13.2. The second-order valence-electron chi connectivity index (χ2n) is 5.47. The molecule has 3 rings (SSSR count). The van der Waals surface area contributed by atoms with Crippen LogP contribution in [-0.2, 0) is 4.79 Å². The van der Waals surface area contributed by atoms with Crippen LogP contribution < -0.4 is 15.3 Å². The van der Waals surface area contributed by atoms with E-state index in [1.165, 1.54) is 0 Å². The Morgan fingerprint density at radius 2 is 2.00 bits per heavy atom. The first-order valence-corrected chi connectivity index (χ1v) is 5.94. The van der Waals surface area contributed by atoms with Gasteiger partial charge in [-0.1, -0.05) is 24.8 Å². The van der Waals surface area contributed by atoms with Crippen LogP contribution in [0.1, 0.15) is 26.3 Å². The van der Waals surface area contributed by atoms with Gasteiger partial charge in [0.25, 0.3) is 5.91 Å². The predicted molar refractivity (Wildman–Crippen MR) is 72.5 cm³/mol. The number of carbonyl (C=O) groups is 1. The number of aliphatic hydroxyl groups is 1. The lowest BCUT2D eigenvalue weighted by atomic mass is 9.89. The van der Waals surface area contributed by atoms with Gasteiger partial charge in [-0.05, 0) is 31.6 Å². The number of carbonyl (C=O) groups excluding carboxylic acids is 1. The van der Waals surface area contributed by atoms with Gasteiger partial charge in [-0.2, -0.15) is 0 Å². The average molecular weight is 241 g/mol. The molecular formula is C15H15NO2. The molecule has 0 atom stereocenters. The number of benzene rings is 1. The van der Waals surface area contributed by atoms with Gasteiger partial charge >= 0.3 is 0 Å². The van der Waals surface area contributed by atoms with Crippen molar-refractivity contribution < 1.29 is 9.90 Å². The monoisotopic (exact) mass is 241 g/mol. The van der Waals surface area contributed by atoms with Crippen molar-refractivity contribution in [1.29, 1.82) is 0 Å². The second-order valence-corrected chi connectivity index (χ2v) is 5.47. The van der Waals surface area contributed by atoms with Crippen LogP contribution in [0.4, 0.5) is 5.69 Å². The largest absolute Gasteiger partial charge is 0.503 e. The molecule has 0 radical (unpaired) electrons. The summed E-state index contributed by atoms with van der Waals surface area (Å²) in [6.07, 6.45) is 2.05. The molecule has 1 aromatic carbocycles. The summed E-state index contributed by atoms with van der Waals surface area (Å²) in [5.41, 5.74) is 2.49. The standard InChI is InChI=1S/C15H15NO2/c1-8-5-6-10-9(2)7-15(3,4)16-12(10)11(8)13(17)14(16)18/h5-7,17H,1H2,2-4H3. The van der Waals surface area contributed by atoms with Crippen molar-refractivity contribution in [2.75, 3.05) is 4.90 Å². The van der Waals surface area contributed by atoms with E-state index >= 15 is 0 Å². The van der Waals surface area contributed by atoms with Gasteiger partial charge in [0.05, 0.1) is 16.4 Å². The summed E-state index contributed by atoms with van der Waals surface area (Å²) in [6.45, 7) is 9.87. The van der Waals surface area contributed by atoms with Gasteiger partial charge < -0.3 is 5.11 Å². The number of allylic oxidation sites excluding steroid dienone is 1. The molecule has 1 amide bonds. The van der Waals surface area contributed by atoms with Crippen molar-refractivity contribution in [2.45, 2.75) is 26.3 Å². The fraction of sp³-hybridized carbons (Fsp3) is 0.267. The zero-order valence-electron chi connectivity index (χ0n) is 10.7.